The van der Waals surface area contributed by atoms with E-state index in [0.717, 1.165) is 44.1 Å². The first kappa shape index (κ1) is 16.0. The van der Waals surface area contributed by atoms with Crippen molar-refractivity contribution in [1.82, 2.24) is 4.90 Å². The van der Waals surface area contributed by atoms with Gasteiger partial charge in [-0.05, 0) is 37.6 Å². The minimum absolute atomic E-state index is 0.210. The van der Waals surface area contributed by atoms with Crippen LogP contribution in [0.15, 0.2) is 18.2 Å². The summed E-state index contributed by atoms with van der Waals surface area (Å²) < 4.78 is 18.6. The number of aldehydes is 1. The third-order valence-electron chi connectivity index (χ3n) is 4.35. The Morgan fingerprint density at radius 3 is 2.62 bits per heavy atom. The molecule has 1 saturated carbocycles. The minimum Gasteiger partial charge on any atom is -0.494 e. The molecule has 21 heavy (non-hydrogen) atoms. The van der Waals surface area contributed by atoms with E-state index in [9.17, 15) is 9.18 Å². The van der Waals surface area contributed by atoms with E-state index in [-0.39, 0.29) is 17.0 Å². The van der Waals surface area contributed by atoms with Crippen LogP contribution in [0.25, 0.3) is 0 Å². The summed E-state index contributed by atoms with van der Waals surface area (Å²) in [6.45, 7) is 1.38. The van der Waals surface area contributed by atoms with Gasteiger partial charge in [0.15, 0.2) is 11.6 Å². The summed E-state index contributed by atoms with van der Waals surface area (Å²) in [6, 6.07) is 5.02. The molecule has 3 nitrogen and oxygen atoms in total. The topological polar surface area (TPSA) is 29.5 Å². The molecule has 1 aromatic rings. The van der Waals surface area contributed by atoms with Crippen molar-refractivity contribution in [3.63, 3.8) is 0 Å². The highest BCUT2D eigenvalue weighted by Crippen LogP contribution is 2.35. The number of ether oxygens (including phenoxy) is 1. The smallest absolute Gasteiger partial charge is 0.165 e. The Morgan fingerprint density at radius 2 is 2.05 bits per heavy atom. The van der Waals surface area contributed by atoms with Gasteiger partial charge in [0.1, 0.15) is 6.29 Å². The quantitative estimate of drug-likeness (QED) is 0.753. The summed E-state index contributed by atoms with van der Waals surface area (Å²) >= 11 is 0. The van der Waals surface area contributed by atoms with Crippen LogP contribution in [0.4, 0.5) is 4.39 Å². The van der Waals surface area contributed by atoms with Gasteiger partial charge in [-0.1, -0.05) is 25.3 Å². The van der Waals surface area contributed by atoms with Crippen LogP contribution < -0.4 is 4.74 Å². The largest absolute Gasteiger partial charge is 0.494 e. The van der Waals surface area contributed by atoms with Crippen LogP contribution in [-0.4, -0.2) is 31.9 Å². The molecule has 0 heterocycles. The van der Waals surface area contributed by atoms with Crippen molar-refractivity contribution in [1.29, 1.82) is 0 Å². The van der Waals surface area contributed by atoms with Crippen LogP contribution in [0, 0.1) is 11.2 Å². The Kier molecular flexibility index (Phi) is 5.34. The lowest BCUT2D eigenvalue weighted by atomic mass is 9.75. The number of nitrogens with zero attached hydrogens (tertiary/aromatic N) is 1. The van der Waals surface area contributed by atoms with Crippen LogP contribution >= 0.6 is 0 Å². The van der Waals surface area contributed by atoms with Gasteiger partial charge in [-0.15, -0.1) is 0 Å². The maximum Gasteiger partial charge on any atom is 0.165 e. The van der Waals surface area contributed by atoms with E-state index in [1.54, 1.807) is 6.07 Å². The number of hydrogen-bond acceptors (Lipinski definition) is 3. The summed E-state index contributed by atoms with van der Waals surface area (Å²) in [5, 5.41) is 0. The van der Waals surface area contributed by atoms with E-state index in [4.69, 9.17) is 4.74 Å². The SMILES string of the molecule is COc1ccc(CN(C)CC2(C=O)CCCCC2)cc1F. The number of benzene rings is 1. The molecule has 0 atom stereocenters. The summed E-state index contributed by atoms with van der Waals surface area (Å²) in [7, 11) is 3.45. The summed E-state index contributed by atoms with van der Waals surface area (Å²) in [6.07, 6.45) is 6.56. The normalized spacial score (nSPS) is 17.7. The van der Waals surface area contributed by atoms with Gasteiger partial charge in [-0.2, -0.15) is 0 Å². The van der Waals surface area contributed by atoms with Crippen molar-refractivity contribution in [2.75, 3.05) is 20.7 Å². The first-order chi connectivity index (χ1) is 10.1. The maximum absolute atomic E-state index is 13.7. The van der Waals surface area contributed by atoms with Crippen LogP contribution in [-0.2, 0) is 11.3 Å². The number of carbonyl (C=O) groups excluding carboxylic acids is 1. The van der Waals surface area contributed by atoms with Crippen molar-refractivity contribution in [2.24, 2.45) is 5.41 Å². The van der Waals surface area contributed by atoms with E-state index in [1.165, 1.54) is 19.6 Å². The Labute approximate surface area is 126 Å². The van der Waals surface area contributed by atoms with E-state index in [2.05, 4.69) is 4.90 Å². The molecule has 0 spiro atoms. The Hall–Kier alpha value is -1.42. The predicted octanol–water partition coefficient (Wildman–Crippen LogP) is 3.42. The van der Waals surface area contributed by atoms with Crippen LogP contribution in [0.5, 0.6) is 5.75 Å². The second-order valence-corrected chi connectivity index (χ2v) is 6.18. The second-order valence-electron chi connectivity index (χ2n) is 6.18. The number of carbonyl (C=O) groups is 1. The molecule has 0 unspecified atom stereocenters. The molecule has 0 N–H and O–H groups in total. The maximum atomic E-state index is 13.7. The fraction of sp³-hybridized carbons (Fsp3) is 0.588. The summed E-state index contributed by atoms with van der Waals surface area (Å²) in [5.41, 5.74) is 0.686. The highest BCUT2D eigenvalue weighted by Gasteiger charge is 2.32. The zero-order valence-electron chi connectivity index (χ0n) is 12.9. The average Bonchev–Trinajstić information content (AvgIpc) is 2.48. The van der Waals surface area contributed by atoms with Crippen LogP contribution in [0.1, 0.15) is 37.7 Å². The minimum atomic E-state index is -0.342. The lowest BCUT2D eigenvalue weighted by Gasteiger charge is -2.35. The first-order valence-corrected chi connectivity index (χ1v) is 7.56. The fourth-order valence-electron chi connectivity index (χ4n) is 3.28. The third kappa shape index (κ3) is 4.03. The van der Waals surface area contributed by atoms with Gasteiger partial charge in [0.2, 0.25) is 0 Å². The summed E-state index contributed by atoms with van der Waals surface area (Å²) in [5.74, 6) is -0.0794. The molecule has 0 bridgehead atoms. The number of hydrogen-bond donors (Lipinski definition) is 0. The van der Waals surface area contributed by atoms with Gasteiger partial charge in [0.25, 0.3) is 0 Å². The molecule has 0 aromatic heterocycles. The van der Waals surface area contributed by atoms with Crippen LogP contribution in [0.3, 0.4) is 0 Å². The molecule has 1 aliphatic rings. The molecule has 1 aliphatic carbocycles. The lowest BCUT2D eigenvalue weighted by Crippen LogP contribution is -2.38. The monoisotopic (exact) mass is 293 g/mol. The molecular weight excluding hydrogens is 269 g/mol. The van der Waals surface area contributed by atoms with Crippen molar-refractivity contribution in [3.8, 4) is 5.75 Å². The lowest BCUT2D eigenvalue weighted by molar-refractivity contribution is -0.119. The highest BCUT2D eigenvalue weighted by molar-refractivity contribution is 5.60. The van der Waals surface area contributed by atoms with E-state index >= 15 is 0 Å². The second kappa shape index (κ2) is 7.03. The van der Waals surface area contributed by atoms with Gasteiger partial charge in [0, 0.05) is 18.5 Å². The van der Waals surface area contributed by atoms with Crippen molar-refractivity contribution in [3.05, 3.63) is 29.6 Å². The molecule has 1 fully saturated rings. The average molecular weight is 293 g/mol. The van der Waals surface area contributed by atoms with E-state index in [1.807, 2.05) is 13.1 Å². The number of methoxy groups -OCH3 is 1. The first-order valence-electron chi connectivity index (χ1n) is 7.56. The van der Waals surface area contributed by atoms with Gasteiger partial charge >= 0.3 is 0 Å². The molecule has 4 heteroatoms. The van der Waals surface area contributed by atoms with Gasteiger partial charge in [0.05, 0.1) is 7.11 Å². The predicted molar refractivity (Wildman–Crippen MR) is 80.9 cm³/mol. The molecule has 0 amide bonds. The molecule has 0 radical (unpaired) electrons. The van der Waals surface area contributed by atoms with E-state index < -0.39 is 0 Å². The number of halogens is 1. The van der Waals surface area contributed by atoms with Crippen LogP contribution in [0.2, 0.25) is 0 Å². The Morgan fingerprint density at radius 1 is 1.33 bits per heavy atom. The van der Waals surface area contributed by atoms with Gasteiger partial charge in [-0.3, -0.25) is 0 Å². The molecule has 2 rings (SSSR count). The number of rotatable bonds is 6. The van der Waals surface area contributed by atoms with Gasteiger partial charge in [-0.25, -0.2) is 4.39 Å². The van der Waals surface area contributed by atoms with Crippen molar-refractivity contribution >= 4 is 6.29 Å². The summed E-state index contributed by atoms with van der Waals surface area (Å²) in [4.78, 5) is 13.6. The standard InChI is InChI=1S/C17H24FNO2/c1-19(12-17(13-20)8-4-3-5-9-17)11-14-6-7-16(21-2)15(18)10-14/h6-7,10,13H,3-5,8-9,11-12H2,1-2H3. The van der Waals surface area contributed by atoms with E-state index in [0.29, 0.717) is 6.54 Å². The zero-order valence-corrected chi connectivity index (χ0v) is 12.9. The van der Waals surface area contributed by atoms with Crippen molar-refractivity contribution < 1.29 is 13.9 Å². The van der Waals surface area contributed by atoms with Crippen molar-refractivity contribution in [2.45, 2.75) is 38.6 Å². The fourth-order valence-corrected chi connectivity index (χ4v) is 3.28. The molecule has 116 valence electrons. The molecule has 0 saturated heterocycles. The molecule has 0 aliphatic heterocycles. The highest BCUT2D eigenvalue weighted by atomic mass is 19.1. The Balaban J connectivity index is 1.99. The molecule has 1 aromatic carbocycles. The zero-order chi connectivity index (χ0) is 15.3. The Bertz CT molecular complexity index is 484. The van der Waals surface area contributed by atoms with Gasteiger partial charge < -0.3 is 14.4 Å². The molecular formula is C17H24FNO2. The third-order valence-corrected chi connectivity index (χ3v) is 4.35.